The summed E-state index contributed by atoms with van der Waals surface area (Å²) in [6.45, 7) is 2.90. The fraction of sp³-hybridized carbons (Fsp3) is 0.207. The Morgan fingerprint density at radius 3 is 2.70 bits per heavy atom. The number of carbonyl (C=O) groups is 1. The third-order valence-corrected chi connectivity index (χ3v) is 7.40. The van der Waals surface area contributed by atoms with E-state index < -0.39 is 5.91 Å². The van der Waals surface area contributed by atoms with Crippen LogP contribution in [0.3, 0.4) is 0 Å². The summed E-state index contributed by atoms with van der Waals surface area (Å²) in [7, 11) is 0. The number of aryl methyl sites for hydroxylation is 1. The second-order valence-electron chi connectivity index (χ2n) is 8.64. The highest BCUT2D eigenvalue weighted by Gasteiger charge is 2.18. The predicted molar refractivity (Wildman–Crippen MR) is 141 cm³/mol. The van der Waals surface area contributed by atoms with Gasteiger partial charge in [0.2, 0.25) is 5.91 Å². The number of hydrogen-bond donors (Lipinski definition) is 1. The number of primary amides is 1. The van der Waals surface area contributed by atoms with Crippen molar-refractivity contribution in [2.75, 3.05) is 0 Å². The largest absolute Gasteiger partial charge is 0.366 e. The summed E-state index contributed by atoms with van der Waals surface area (Å²) < 4.78 is 3.40. The van der Waals surface area contributed by atoms with E-state index in [1.165, 1.54) is 41.2 Å². The van der Waals surface area contributed by atoms with Crippen LogP contribution in [0.4, 0.5) is 0 Å². The lowest BCUT2D eigenvalue weighted by Gasteiger charge is -2.12. The summed E-state index contributed by atoms with van der Waals surface area (Å²) in [4.78, 5) is 12.3. The fourth-order valence-corrected chi connectivity index (χ4v) is 5.39. The molecule has 0 saturated carbocycles. The van der Waals surface area contributed by atoms with E-state index in [2.05, 4.69) is 88.1 Å². The molecule has 0 aliphatic heterocycles. The van der Waals surface area contributed by atoms with Crippen molar-refractivity contribution in [2.45, 2.75) is 39.2 Å². The molecule has 4 heteroatoms. The average Bonchev–Trinajstić information content (AvgIpc) is 3.14. The lowest BCUT2D eigenvalue weighted by Crippen LogP contribution is -2.11. The first-order chi connectivity index (χ1) is 16.1. The zero-order valence-corrected chi connectivity index (χ0v) is 20.3. The topological polar surface area (TPSA) is 48.0 Å². The van der Waals surface area contributed by atoms with Gasteiger partial charge in [-0.05, 0) is 74.9 Å². The Balaban J connectivity index is 1.72. The molecule has 2 N–H and O–H groups in total. The van der Waals surface area contributed by atoms with E-state index in [9.17, 15) is 4.79 Å². The van der Waals surface area contributed by atoms with Crippen molar-refractivity contribution in [3.63, 3.8) is 0 Å². The summed E-state index contributed by atoms with van der Waals surface area (Å²) in [5, 5.41) is 4.24. The number of rotatable bonds is 7. The summed E-state index contributed by atoms with van der Waals surface area (Å²) in [6.07, 6.45) is 4.62. The Labute approximate surface area is 202 Å². The third-order valence-electron chi connectivity index (χ3n) is 6.46. The van der Waals surface area contributed by atoms with Gasteiger partial charge in [0.25, 0.3) is 0 Å². The molecular weight excluding hydrogens is 472 g/mol. The zero-order valence-electron chi connectivity index (χ0n) is 18.7. The van der Waals surface area contributed by atoms with Crippen LogP contribution in [-0.2, 0) is 13.0 Å². The third kappa shape index (κ3) is 3.93. The molecule has 0 aliphatic carbocycles. The molecule has 1 amide bonds. The lowest BCUT2D eigenvalue weighted by atomic mass is 10.0. The molecule has 5 rings (SSSR count). The molecule has 1 radical (unpaired) electrons. The van der Waals surface area contributed by atoms with E-state index >= 15 is 0 Å². The first kappa shape index (κ1) is 21.7. The highest BCUT2D eigenvalue weighted by molar-refractivity contribution is 9.10. The van der Waals surface area contributed by atoms with E-state index in [1.807, 2.05) is 12.1 Å². The first-order valence-electron chi connectivity index (χ1n) is 11.5. The van der Waals surface area contributed by atoms with Gasteiger partial charge in [-0.1, -0.05) is 68.3 Å². The molecule has 5 aromatic rings. The summed E-state index contributed by atoms with van der Waals surface area (Å²) in [5.41, 5.74) is 10.9. The maximum Gasteiger partial charge on any atom is 0.249 e. The first-order valence-corrected chi connectivity index (χ1v) is 12.3. The molecule has 1 heterocycles. The van der Waals surface area contributed by atoms with Crippen molar-refractivity contribution in [1.82, 2.24) is 4.57 Å². The highest BCUT2D eigenvalue weighted by atomic mass is 79.9. The van der Waals surface area contributed by atoms with Crippen LogP contribution >= 0.6 is 15.9 Å². The van der Waals surface area contributed by atoms with Crippen LogP contribution in [0.15, 0.2) is 71.2 Å². The number of nitrogens with two attached hydrogens (primary N) is 1. The van der Waals surface area contributed by atoms with Gasteiger partial charge in [-0.15, -0.1) is 0 Å². The van der Waals surface area contributed by atoms with E-state index in [1.54, 1.807) is 0 Å². The Bertz CT molecular complexity index is 1500. The van der Waals surface area contributed by atoms with Crippen LogP contribution < -0.4 is 5.73 Å². The minimum Gasteiger partial charge on any atom is -0.366 e. The van der Waals surface area contributed by atoms with Crippen LogP contribution in [0.1, 0.15) is 47.7 Å². The molecule has 3 nitrogen and oxygen atoms in total. The maximum absolute atomic E-state index is 12.3. The second kappa shape index (κ2) is 9.03. The van der Waals surface area contributed by atoms with Gasteiger partial charge in [0.15, 0.2) is 0 Å². The molecule has 0 spiro atoms. The Hall–Kier alpha value is -3.11. The molecule has 0 fully saturated rings. The SMILES string of the molecule is CCCCCc1c[c]c2c3c(C(N)=O)cccc3n(Cc3ccc4ccccc4c3Br)c2c1. The second-order valence-corrected chi connectivity index (χ2v) is 9.43. The van der Waals surface area contributed by atoms with Crippen molar-refractivity contribution < 1.29 is 4.79 Å². The minimum absolute atomic E-state index is 0.410. The number of unbranched alkanes of at least 4 members (excludes halogenated alkanes) is 2. The van der Waals surface area contributed by atoms with E-state index in [0.29, 0.717) is 12.1 Å². The number of carbonyl (C=O) groups excluding carboxylic acids is 1. The van der Waals surface area contributed by atoms with E-state index in [0.717, 1.165) is 32.7 Å². The number of hydrogen-bond acceptors (Lipinski definition) is 1. The lowest BCUT2D eigenvalue weighted by molar-refractivity contribution is 0.100. The number of halogens is 1. The highest BCUT2D eigenvalue weighted by Crippen LogP contribution is 2.35. The molecule has 33 heavy (non-hydrogen) atoms. The van der Waals surface area contributed by atoms with E-state index in [4.69, 9.17) is 5.73 Å². The molecule has 4 aromatic carbocycles. The van der Waals surface area contributed by atoms with Gasteiger partial charge in [-0.2, -0.15) is 0 Å². The minimum atomic E-state index is -0.410. The fourth-order valence-electron chi connectivity index (χ4n) is 4.77. The number of benzene rings is 4. The molecule has 0 unspecified atom stereocenters. The van der Waals surface area contributed by atoms with Gasteiger partial charge in [0.1, 0.15) is 0 Å². The van der Waals surface area contributed by atoms with Gasteiger partial charge in [0, 0.05) is 27.4 Å². The number of nitrogens with zero attached hydrogens (tertiary/aromatic N) is 1. The average molecular weight is 498 g/mol. The number of amides is 1. The predicted octanol–water partition coefficient (Wildman–Crippen LogP) is 7.39. The van der Waals surface area contributed by atoms with Crippen LogP contribution in [0.2, 0.25) is 0 Å². The van der Waals surface area contributed by atoms with Gasteiger partial charge in [-0.3, -0.25) is 4.79 Å². The molecule has 0 aliphatic rings. The summed E-state index contributed by atoms with van der Waals surface area (Å²) >= 11 is 3.85. The van der Waals surface area contributed by atoms with Gasteiger partial charge >= 0.3 is 0 Å². The van der Waals surface area contributed by atoms with Crippen molar-refractivity contribution in [3.05, 3.63) is 94.0 Å². The normalized spacial score (nSPS) is 11.6. The molecule has 0 bridgehead atoms. The van der Waals surface area contributed by atoms with Crippen molar-refractivity contribution in [2.24, 2.45) is 5.73 Å². The van der Waals surface area contributed by atoms with E-state index in [-0.39, 0.29) is 0 Å². The van der Waals surface area contributed by atoms with Gasteiger partial charge < -0.3 is 10.3 Å². The smallest absolute Gasteiger partial charge is 0.249 e. The standard InChI is InChI=1S/C29H26BrN2O/c1-2-3-4-8-19-13-16-23-26(17-19)32(25-12-7-11-24(27(23)25)29(31)33)18-21-15-14-20-9-5-6-10-22(20)28(21)30/h5-7,9-15,17H,2-4,8,18H2,1H3,(H2,31,33). The molecule has 0 saturated heterocycles. The molecule has 1 aromatic heterocycles. The van der Waals surface area contributed by atoms with Gasteiger partial charge in [-0.25, -0.2) is 0 Å². The van der Waals surface area contributed by atoms with Gasteiger partial charge in [0.05, 0.1) is 11.0 Å². The number of fused-ring (bicyclic) bond motifs is 4. The Morgan fingerprint density at radius 1 is 1.03 bits per heavy atom. The Morgan fingerprint density at radius 2 is 1.88 bits per heavy atom. The molecule has 0 atom stereocenters. The summed E-state index contributed by atoms with van der Waals surface area (Å²) in [6, 6.07) is 26.4. The quantitative estimate of drug-likeness (QED) is 0.234. The van der Waals surface area contributed by atoms with Crippen LogP contribution in [-0.4, -0.2) is 10.5 Å². The Kier molecular flexibility index (Phi) is 5.94. The van der Waals surface area contributed by atoms with Crippen molar-refractivity contribution >= 4 is 54.4 Å². The zero-order chi connectivity index (χ0) is 22.9. The number of aromatic nitrogens is 1. The maximum atomic E-state index is 12.3. The molecule has 165 valence electrons. The van der Waals surface area contributed by atoms with Crippen molar-refractivity contribution in [1.29, 1.82) is 0 Å². The van der Waals surface area contributed by atoms with Crippen LogP contribution in [0, 0.1) is 6.07 Å². The monoisotopic (exact) mass is 497 g/mol. The van der Waals surface area contributed by atoms with Crippen LogP contribution in [0.5, 0.6) is 0 Å². The molecular formula is C29H26BrN2O. The van der Waals surface area contributed by atoms with Crippen molar-refractivity contribution in [3.8, 4) is 0 Å². The van der Waals surface area contributed by atoms with Crippen LogP contribution in [0.25, 0.3) is 32.6 Å². The summed E-state index contributed by atoms with van der Waals surface area (Å²) in [5.74, 6) is -0.410.